The summed E-state index contributed by atoms with van der Waals surface area (Å²) in [5, 5.41) is 0.801. The summed E-state index contributed by atoms with van der Waals surface area (Å²) in [5.41, 5.74) is 0. The van der Waals surface area contributed by atoms with E-state index < -0.39 is 0 Å². The van der Waals surface area contributed by atoms with Crippen molar-refractivity contribution in [1.82, 2.24) is 4.90 Å². The molecule has 0 N–H and O–H groups in total. The van der Waals surface area contributed by atoms with Crippen LogP contribution in [0.15, 0.2) is 0 Å². The first-order valence-corrected chi connectivity index (χ1v) is 6.40. The monoisotopic (exact) mass is 193 g/mol. The highest BCUT2D eigenvalue weighted by molar-refractivity contribution is 8.03. The van der Waals surface area contributed by atoms with Gasteiger partial charge in [-0.05, 0) is 26.1 Å². The average Bonchev–Trinajstić information content (AvgIpc) is 1.97. The van der Waals surface area contributed by atoms with Crippen molar-refractivity contribution in [3.8, 4) is 0 Å². The molecule has 68 valence electrons. The molecule has 0 aliphatic heterocycles. The maximum Gasteiger partial charge on any atom is 0.0262 e. The number of hydrogen-bond donors (Lipinski definition) is 0. The quantitative estimate of drug-likeness (QED) is 0.635. The molecule has 0 aromatic carbocycles. The molecule has 0 aliphatic carbocycles. The zero-order valence-electron chi connectivity index (χ0n) is 7.96. The van der Waals surface area contributed by atoms with Crippen LogP contribution in [0.2, 0.25) is 0 Å². The summed E-state index contributed by atoms with van der Waals surface area (Å²) in [7, 11) is 4.28. The smallest absolute Gasteiger partial charge is 0.0262 e. The van der Waals surface area contributed by atoms with Gasteiger partial charge in [-0.1, -0.05) is 6.92 Å². The second-order valence-corrected chi connectivity index (χ2v) is 5.24. The predicted molar refractivity (Wildman–Crippen MR) is 58.9 cm³/mol. The minimum absolute atomic E-state index is 0.801. The lowest BCUT2D eigenvalue weighted by Crippen LogP contribution is -2.25. The Morgan fingerprint density at radius 3 is 2.36 bits per heavy atom. The van der Waals surface area contributed by atoms with Crippen molar-refractivity contribution in [3.63, 3.8) is 0 Å². The van der Waals surface area contributed by atoms with E-state index in [4.69, 9.17) is 0 Å². The summed E-state index contributed by atoms with van der Waals surface area (Å²) in [5.74, 6) is 2.53. The van der Waals surface area contributed by atoms with Crippen LogP contribution in [0.1, 0.15) is 6.92 Å². The van der Waals surface area contributed by atoms with Crippen LogP contribution in [-0.2, 0) is 0 Å². The maximum absolute atomic E-state index is 2.26. The highest BCUT2D eigenvalue weighted by Gasteiger charge is 2.06. The van der Waals surface area contributed by atoms with Gasteiger partial charge in [-0.15, -0.1) is 0 Å². The Labute approximate surface area is 79.3 Å². The lowest BCUT2D eigenvalue weighted by atomic mass is 10.4. The molecule has 0 heterocycles. The van der Waals surface area contributed by atoms with Gasteiger partial charge in [-0.2, -0.15) is 23.5 Å². The van der Waals surface area contributed by atoms with Gasteiger partial charge in [-0.25, -0.2) is 0 Å². The number of rotatable bonds is 6. The molecule has 1 unspecified atom stereocenters. The lowest BCUT2D eigenvalue weighted by molar-refractivity contribution is 0.415. The third-order valence-electron chi connectivity index (χ3n) is 1.41. The fourth-order valence-corrected chi connectivity index (χ4v) is 2.74. The summed E-state index contributed by atoms with van der Waals surface area (Å²) >= 11 is 4.01. The highest BCUT2D eigenvalue weighted by atomic mass is 32.2. The molecule has 0 radical (unpaired) electrons. The topological polar surface area (TPSA) is 3.24 Å². The number of nitrogens with zero attached hydrogens (tertiary/aromatic N) is 1. The Morgan fingerprint density at radius 2 is 2.00 bits per heavy atom. The van der Waals surface area contributed by atoms with Crippen molar-refractivity contribution in [3.05, 3.63) is 0 Å². The third-order valence-corrected chi connectivity index (χ3v) is 3.65. The number of thioether (sulfide) groups is 2. The Kier molecular flexibility index (Phi) is 7.76. The SMILES string of the molecule is CCSCC(CN(C)C)SC. The molecule has 1 nitrogen and oxygen atoms in total. The van der Waals surface area contributed by atoms with Gasteiger partial charge in [0.25, 0.3) is 0 Å². The molecule has 0 saturated heterocycles. The predicted octanol–water partition coefficient (Wildman–Crippen LogP) is 2.03. The van der Waals surface area contributed by atoms with Gasteiger partial charge < -0.3 is 4.90 Å². The lowest BCUT2D eigenvalue weighted by Gasteiger charge is -2.18. The van der Waals surface area contributed by atoms with E-state index in [2.05, 4.69) is 32.2 Å². The van der Waals surface area contributed by atoms with Crippen molar-refractivity contribution < 1.29 is 0 Å². The normalized spacial score (nSPS) is 13.9. The zero-order valence-corrected chi connectivity index (χ0v) is 9.60. The van der Waals surface area contributed by atoms with Crippen LogP contribution in [0.5, 0.6) is 0 Å². The van der Waals surface area contributed by atoms with Gasteiger partial charge in [0.15, 0.2) is 0 Å². The van der Waals surface area contributed by atoms with E-state index in [1.807, 2.05) is 23.5 Å². The third kappa shape index (κ3) is 7.04. The van der Waals surface area contributed by atoms with Crippen LogP contribution in [0.3, 0.4) is 0 Å². The number of hydrogen-bond acceptors (Lipinski definition) is 3. The van der Waals surface area contributed by atoms with Crippen LogP contribution in [0, 0.1) is 0 Å². The van der Waals surface area contributed by atoms with Crippen LogP contribution in [-0.4, -0.2) is 48.6 Å². The summed E-state index contributed by atoms with van der Waals surface area (Å²) in [4.78, 5) is 2.26. The Bertz CT molecular complexity index is 86.2. The first-order chi connectivity index (χ1) is 5.20. The molecule has 0 amide bonds. The molecule has 1 atom stereocenters. The van der Waals surface area contributed by atoms with Crippen molar-refractivity contribution in [1.29, 1.82) is 0 Å². The molecule has 0 aromatic rings. The molecule has 0 rings (SSSR count). The Balaban J connectivity index is 3.41. The molecule has 0 fully saturated rings. The molecule has 3 heteroatoms. The molecule has 0 spiro atoms. The molecule has 11 heavy (non-hydrogen) atoms. The van der Waals surface area contributed by atoms with Crippen LogP contribution >= 0.6 is 23.5 Å². The summed E-state index contributed by atoms with van der Waals surface area (Å²) < 4.78 is 0. The van der Waals surface area contributed by atoms with E-state index in [1.165, 1.54) is 18.1 Å². The van der Waals surface area contributed by atoms with Crippen molar-refractivity contribution in [2.24, 2.45) is 0 Å². The van der Waals surface area contributed by atoms with E-state index in [1.54, 1.807) is 0 Å². The highest BCUT2D eigenvalue weighted by Crippen LogP contribution is 2.13. The van der Waals surface area contributed by atoms with Gasteiger partial charge >= 0.3 is 0 Å². The van der Waals surface area contributed by atoms with Gasteiger partial charge in [-0.3, -0.25) is 0 Å². The fraction of sp³-hybridized carbons (Fsp3) is 1.00. The van der Waals surface area contributed by atoms with Crippen LogP contribution in [0.4, 0.5) is 0 Å². The van der Waals surface area contributed by atoms with E-state index in [0.29, 0.717) is 0 Å². The second-order valence-electron chi connectivity index (χ2n) is 2.78. The van der Waals surface area contributed by atoms with Crippen LogP contribution in [0.25, 0.3) is 0 Å². The fourth-order valence-electron chi connectivity index (χ4n) is 0.852. The maximum atomic E-state index is 2.26. The summed E-state index contributed by atoms with van der Waals surface area (Å²) in [6.45, 7) is 3.42. The van der Waals surface area contributed by atoms with Gasteiger partial charge in [0, 0.05) is 17.5 Å². The second kappa shape index (κ2) is 7.32. The first kappa shape index (κ1) is 11.7. The van der Waals surface area contributed by atoms with E-state index in [-0.39, 0.29) is 0 Å². The molecule has 0 aliphatic rings. The standard InChI is InChI=1S/C8H19NS2/c1-5-11-7-8(10-4)6-9(2)3/h8H,5-7H2,1-4H3. The van der Waals surface area contributed by atoms with E-state index >= 15 is 0 Å². The molecular weight excluding hydrogens is 174 g/mol. The minimum atomic E-state index is 0.801. The average molecular weight is 193 g/mol. The van der Waals surface area contributed by atoms with Crippen molar-refractivity contribution in [2.45, 2.75) is 12.2 Å². The molecule has 0 saturated carbocycles. The van der Waals surface area contributed by atoms with Crippen molar-refractivity contribution in [2.75, 3.05) is 38.4 Å². The van der Waals surface area contributed by atoms with E-state index in [9.17, 15) is 0 Å². The summed E-state index contributed by atoms with van der Waals surface area (Å²) in [6.07, 6.45) is 2.20. The largest absolute Gasteiger partial charge is 0.308 e. The van der Waals surface area contributed by atoms with Gasteiger partial charge in [0.05, 0.1) is 0 Å². The first-order valence-electron chi connectivity index (χ1n) is 3.96. The summed E-state index contributed by atoms with van der Waals surface area (Å²) in [6, 6.07) is 0. The molecule has 0 aromatic heterocycles. The van der Waals surface area contributed by atoms with Crippen molar-refractivity contribution >= 4 is 23.5 Å². The molecular formula is C8H19NS2. The van der Waals surface area contributed by atoms with Crippen LogP contribution < -0.4 is 0 Å². The minimum Gasteiger partial charge on any atom is -0.308 e. The Morgan fingerprint density at radius 1 is 1.36 bits per heavy atom. The molecule has 0 bridgehead atoms. The zero-order chi connectivity index (χ0) is 8.69. The van der Waals surface area contributed by atoms with Gasteiger partial charge in [0.2, 0.25) is 0 Å². The Hall–Kier alpha value is 0.660. The van der Waals surface area contributed by atoms with Gasteiger partial charge in [0.1, 0.15) is 0 Å². The van der Waals surface area contributed by atoms with E-state index in [0.717, 1.165) is 5.25 Å².